The van der Waals surface area contributed by atoms with Crippen molar-refractivity contribution in [2.75, 3.05) is 11.6 Å². The first kappa shape index (κ1) is 19.6. The highest BCUT2D eigenvalue weighted by molar-refractivity contribution is 7.89. The van der Waals surface area contributed by atoms with E-state index < -0.39 is 27.8 Å². The third-order valence-corrected chi connectivity index (χ3v) is 4.98. The summed E-state index contributed by atoms with van der Waals surface area (Å²) in [6, 6.07) is 9.46. The van der Waals surface area contributed by atoms with E-state index in [1.807, 2.05) is 6.07 Å². The number of nitrogens with one attached hydrogen (secondary N) is 1. The minimum absolute atomic E-state index is 0.122. The summed E-state index contributed by atoms with van der Waals surface area (Å²) >= 11 is 1.20. The van der Waals surface area contributed by atoms with Gasteiger partial charge in [0.1, 0.15) is 11.1 Å². The first-order valence-electron chi connectivity index (χ1n) is 7.45. The van der Waals surface area contributed by atoms with Crippen molar-refractivity contribution in [2.24, 2.45) is 0 Å². The first-order valence-corrected chi connectivity index (χ1v) is 10.4. The van der Waals surface area contributed by atoms with Crippen LogP contribution in [-0.4, -0.2) is 32.7 Å². The van der Waals surface area contributed by atoms with Gasteiger partial charge in [-0.3, -0.25) is 4.79 Å². The molecule has 2 rings (SSSR count). The molecule has 1 atom stereocenters. The van der Waals surface area contributed by atoms with E-state index in [2.05, 4.69) is 5.32 Å². The van der Waals surface area contributed by atoms with Crippen LogP contribution in [0.1, 0.15) is 28.4 Å². The molecule has 0 aliphatic rings. The van der Waals surface area contributed by atoms with Gasteiger partial charge >= 0.3 is 5.97 Å². The minimum atomic E-state index is -3.16. The molecule has 0 saturated carbocycles. The molecule has 0 spiro atoms. The predicted octanol–water partition coefficient (Wildman–Crippen LogP) is 2.35. The van der Waals surface area contributed by atoms with Crippen LogP contribution in [0.3, 0.4) is 0 Å². The summed E-state index contributed by atoms with van der Waals surface area (Å²) in [7, 11) is -3.16. The zero-order valence-electron chi connectivity index (χ0n) is 14.1. The van der Waals surface area contributed by atoms with Gasteiger partial charge in [0.2, 0.25) is 0 Å². The lowest BCUT2D eigenvalue weighted by atomic mass is 10.1. The van der Waals surface area contributed by atoms with Crippen molar-refractivity contribution in [1.29, 1.82) is 5.26 Å². The number of anilines is 1. The number of carbonyl (C=O) groups is 2. The zero-order valence-corrected chi connectivity index (χ0v) is 15.7. The second kappa shape index (κ2) is 8.12. The number of benzene rings is 1. The number of hydrogen-bond acceptors (Lipinski definition) is 7. The highest BCUT2D eigenvalue weighted by Crippen LogP contribution is 2.22. The molecule has 0 bridgehead atoms. The number of ether oxygens (including phenoxy) is 1. The van der Waals surface area contributed by atoms with Crippen LogP contribution in [0, 0.1) is 11.3 Å². The molecule has 2 aromatic rings. The summed E-state index contributed by atoms with van der Waals surface area (Å²) < 4.78 is 27.6. The van der Waals surface area contributed by atoms with Crippen molar-refractivity contribution >= 4 is 38.1 Å². The van der Waals surface area contributed by atoms with Gasteiger partial charge in [-0.2, -0.15) is 5.26 Å². The zero-order chi connectivity index (χ0) is 19.3. The number of hydrogen-bond donors (Lipinski definition) is 1. The number of thiophene rings is 1. The van der Waals surface area contributed by atoms with E-state index in [0.29, 0.717) is 16.1 Å². The van der Waals surface area contributed by atoms with E-state index in [4.69, 9.17) is 10.00 Å². The Morgan fingerprint density at radius 1 is 1.27 bits per heavy atom. The highest BCUT2D eigenvalue weighted by Gasteiger charge is 2.20. The standard InChI is InChI=1S/C17H16N2O5S2/c1-11(15(20)19-16-14(9-18)7-8-25-16)24-17(21)13-5-3-12(4-6-13)10-26(2,22)23/h3-8,11H,10H2,1-2H3,(H,19,20)/t11-/m1/s1. The Balaban J connectivity index is 1.98. The fourth-order valence-corrected chi connectivity index (χ4v) is 3.57. The Morgan fingerprint density at radius 3 is 2.50 bits per heavy atom. The molecule has 26 heavy (non-hydrogen) atoms. The predicted molar refractivity (Wildman–Crippen MR) is 97.5 cm³/mol. The number of esters is 1. The van der Waals surface area contributed by atoms with Gasteiger partial charge in [-0.05, 0) is 36.1 Å². The van der Waals surface area contributed by atoms with Crippen LogP contribution in [0.15, 0.2) is 35.7 Å². The number of carbonyl (C=O) groups excluding carboxylic acids is 2. The van der Waals surface area contributed by atoms with E-state index in [1.54, 1.807) is 11.4 Å². The average Bonchev–Trinajstić information content (AvgIpc) is 3.01. The summed E-state index contributed by atoms with van der Waals surface area (Å²) in [5.41, 5.74) is 1.09. The molecular weight excluding hydrogens is 376 g/mol. The fourth-order valence-electron chi connectivity index (χ4n) is 2.03. The molecule has 1 N–H and O–H groups in total. The quantitative estimate of drug-likeness (QED) is 0.755. The lowest BCUT2D eigenvalue weighted by molar-refractivity contribution is -0.123. The third-order valence-electron chi connectivity index (χ3n) is 3.29. The molecule has 0 unspecified atom stereocenters. The van der Waals surface area contributed by atoms with Gasteiger partial charge in [0, 0.05) is 6.26 Å². The second-order valence-electron chi connectivity index (χ2n) is 5.58. The molecule has 1 aromatic heterocycles. The lowest BCUT2D eigenvalue weighted by Crippen LogP contribution is -2.29. The molecule has 136 valence electrons. The van der Waals surface area contributed by atoms with Gasteiger partial charge < -0.3 is 10.1 Å². The molecule has 0 fully saturated rings. The van der Waals surface area contributed by atoms with Crippen molar-refractivity contribution in [1.82, 2.24) is 0 Å². The van der Waals surface area contributed by atoms with Crippen LogP contribution >= 0.6 is 11.3 Å². The largest absolute Gasteiger partial charge is 0.449 e. The molecule has 1 heterocycles. The van der Waals surface area contributed by atoms with Gasteiger partial charge in [-0.1, -0.05) is 12.1 Å². The van der Waals surface area contributed by atoms with Gasteiger partial charge in [0.25, 0.3) is 5.91 Å². The van der Waals surface area contributed by atoms with Crippen LogP contribution in [-0.2, 0) is 25.1 Å². The number of rotatable bonds is 6. The molecule has 1 aromatic carbocycles. The van der Waals surface area contributed by atoms with E-state index in [1.165, 1.54) is 42.5 Å². The summed E-state index contributed by atoms with van der Waals surface area (Å²) in [4.78, 5) is 24.2. The number of nitriles is 1. The maximum Gasteiger partial charge on any atom is 0.338 e. The Kier molecular flexibility index (Phi) is 6.13. The van der Waals surface area contributed by atoms with E-state index >= 15 is 0 Å². The van der Waals surface area contributed by atoms with Gasteiger partial charge in [-0.25, -0.2) is 13.2 Å². The molecule has 0 aliphatic carbocycles. The Morgan fingerprint density at radius 2 is 1.92 bits per heavy atom. The Bertz CT molecular complexity index is 956. The third kappa shape index (κ3) is 5.40. The van der Waals surface area contributed by atoms with E-state index in [9.17, 15) is 18.0 Å². The van der Waals surface area contributed by atoms with Crippen molar-refractivity contribution in [3.8, 4) is 6.07 Å². The Hall–Kier alpha value is -2.70. The maximum atomic E-state index is 12.1. The van der Waals surface area contributed by atoms with Crippen LogP contribution in [0.2, 0.25) is 0 Å². The Labute approximate surface area is 155 Å². The number of nitrogens with zero attached hydrogens (tertiary/aromatic N) is 1. The fraction of sp³-hybridized carbons (Fsp3) is 0.235. The van der Waals surface area contributed by atoms with Gasteiger partial charge in [0.15, 0.2) is 15.9 Å². The molecule has 0 aliphatic heterocycles. The number of amides is 1. The highest BCUT2D eigenvalue weighted by atomic mass is 32.2. The van der Waals surface area contributed by atoms with Crippen LogP contribution in [0.25, 0.3) is 0 Å². The molecule has 0 radical (unpaired) electrons. The monoisotopic (exact) mass is 392 g/mol. The van der Waals surface area contributed by atoms with E-state index in [-0.39, 0.29) is 11.3 Å². The van der Waals surface area contributed by atoms with Crippen molar-refractivity contribution < 1.29 is 22.7 Å². The first-order chi connectivity index (χ1) is 12.2. The van der Waals surface area contributed by atoms with Crippen molar-refractivity contribution in [3.63, 3.8) is 0 Å². The molecule has 0 saturated heterocycles. The average molecular weight is 392 g/mol. The molecular formula is C17H16N2O5S2. The SMILES string of the molecule is C[C@@H](OC(=O)c1ccc(CS(C)(=O)=O)cc1)C(=O)Nc1sccc1C#N. The normalized spacial score (nSPS) is 12.0. The summed E-state index contributed by atoms with van der Waals surface area (Å²) in [6.07, 6.45) is 0.0627. The van der Waals surface area contributed by atoms with Crippen LogP contribution in [0.4, 0.5) is 5.00 Å². The topological polar surface area (TPSA) is 113 Å². The lowest BCUT2D eigenvalue weighted by Gasteiger charge is -2.13. The summed E-state index contributed by atoms with van der Waals surface area (Å²) in [6.45, 7) is 1.42. The maximum absolute atomic E-state index is 12.1. The van der Waals surface area contributed by atoms with Crippen molar-refractivity contribution in [2.45, 2.75) is 18.8 Å². The number of sulfone groups is 1. The molecule has 1 amide bonds. The van der Waals surface area contributed by atoms with Gasteiger partial charge in [0.05, 0.1) is 16.9 Å². The minimum Gasteiger partial charge on any atom is -0.449 e. The summed E-state index contributed by atoms with van der Waals surface area (Å²) in [5, 5.41) is 13.5. The summed E-state index contributed by atoms with van der Waals surface area (Å²) in [5.74, 6) is -1.38. The second-order valence-corrected chi connectivity index (χ2v) is 8.64. The van der Waals surface area contributed by atoms with Crippen molar-refractivity contribution in [3.05, 3.63) is 52.4 Å². The van der Waals surface area contributed by atoms with Crippen LogP contribution in [0.5, 0.6) is 0 Å². The van der Waals surface area contributed by atoms with Crippen LogP contribution < -0.4 is 5.32 Å². The molecule has 7 nitrogen and oxygen atoms in total. The van der Waals surface area contributed by atoms with Gasteiger partial charge in [-0.15, -0.1) is 11.3 Å². The smallest absolute Gasteiger partial charge is 0.338 e. The molecule has 9 heteroatoms. The van der Waals surface area contributed by atoms with E-state index in [0.717, 1.165) is 6.26 Å².